The summed E-state index contributed by atoms with van der Waals surface area (Å²) in [5.74, 6) is -0.0796. The fraction of sp³-hybridized carbons (Fsp3) is 0.333. The van der Waals surface area contributed by atoms with E-state index in [4.69, 9.17) is 7.85 Å². The Morgan fingerprint density at radius 3 is 3.00 bits per heavy atom. The molecule has 0 aromatic carbocycles. The van der Waals surface area contributed by atoms with E-state index in [1.54, 1.807) is 17.1 Å². The fourth-order valence-corrected chi connectivity index (χ4v) is 1.37. The lowest BCUT2D eigenvalue weighted by Crippen LogP contribution is -2.54. The minimum absolute atomic E-state index is 0.0796. The van der Waals surface area contributed by atoms with Crippen molar-refractivity contribution in [2.45, 2.75) is 0 Å². The van der Waals surface area contributed by atoms with E-state index < -0.39 is 0 Å². The van der Waals surface area contributed by atoms with Crippen molar-refractivity contribution in [3.63, 3.8) is 0 Å². The van der Waals surface area contributed by atoms with E-state index in [9.17, 15) is 4.79 Å². The standard InChI is InChI=1S/C9H11BN4O/c10-8-2-1-7(5-12-8)9(15)14-4-3-11-6-13-14/h1-2,5,11,13H,3-4,6H2. The van der Waals surface area contributed by atoms with Crippen LogP contribution in [0.1, 0.15) is 10.4 Å². The summed E-state index contributed by atoms with van der Waals surface area (Å²) in [6.07, 6.45) is 1.49. The van der Waals surface area contributed by atoms with Gasteiger partial charge in [-0.15, -0.1) is 0 Å². The Bertz CT molecular complexity index is 348. The van der Waals surface area contributed by atoms with Crippen LogP contribution in [-0.2, 0) is 0 Å². The maximum Gasteiger partial charge on any atom is 0.269 e. The largest absolute Gasteiger partial charge is 0.301 e. The summed E-state index contributed by atoms with van der Waals surface area (Å²) in [6, 6.07) is 3.30. The molecule has 2 heterocycles. The van der Waals surface area contributed by atoms with Crippen LogP contribution >= 0.6 is 0 Å². The minimum Gasteiger partial charge on any atom is -0.301 e. The van der Waals surface area contributed by atoms with Gasteiger partial charge in [0.15, 0.2) is 0 Å². The van der Waals surface area contributed by atoms with Gasteiger partial charge in [-0.25, -0.2) is 5.43 Å². The molecule has 0 atom stereocenters. The van der Waals surface area contributed by atoms with E-state index in [1.807, 2.05) is 0 Å². The highest BCUT2D eigenvalue weighted by Gasteiger charge is 2.17. The average molecular weight is 202 g/mol. The first-order chi connectivity index (χ1) is 7.27. The van der Waals surface area contributed by atoms with Crippen molar-refractivity contribution in [1.29, 1.82) is 0 Å². The molecule has 0 unspecified atom stereocenters. The molecule has 5 nitrogen and oxygen atoms in total. The van der Waals surface area contributed by atoms with E-state index in [2.05, 4.69) is 15.7 Å². The summed E-state index contributed by atoms with van der Waals surface area (Å²) in [4.78, 5) is 15.7. The lowest BCUT2D eigenvalue weighted by Gasteiger charge is -2.28. The summed E-state index contributed by atoms with van der Waals surface area (Å²) in [5, 5.41) is 4.66. The maximum absolute atomic E-state index is 11.9. The predicted octanol–water partition coefficient (Wildman–Crippen LogP) is -1.62. The second kappa shape index (κ2) is 4.42. The molecule has 15 heavy (non-hydrogen) atoms. The van der Waals surface area contributed by atoms with Crippen molar-refractivity contribution in [2.24, 2.45) is 0 Å². The molecule has 0 saturated carbocycles. The zero-order valence-electron chi connectivity index (χ0n) is 8.23. The molecule has 6 heteroatoms. The van der Waals surface area contributed by atoms with Crippen LogP contribution in [0.4, 0.5) is 0 Å². The van der Waals surface area contributed by atoms with Crippen molar-refractivity contribution >= 4 is 19.3 Å². The van der Waals surface area contributed by atoms with Crippen LogP contribution in [0.3, 0.4) is 0 Å². The second-order valence-corrected chi connectivity index (χ2v) is 3.26. The van der Waals surface area contributed by atoms with Gasteiger partial charge >= 0.3 is 0 Å². The van der Waals surface area contributed by atoms with Crippen LogP contribution < -0.4 is 16.3 Å². The average Bonchev–Trinajstić information content (AvgIpc) is 2.30. The van der Waals surface area contributed by atoms with Crippen LogP contribution in [0.2, 0.25) is 0 Å². The first-order valence-corrected chi connectivity index (χ1v) is 4.75. The summed E-state index contributed by atoms with van der Waals surface area (Å²) in [7, 11) is 5.44. The molecule has 1 aliphatic rings. The maximum atomic E-state index is 11.9. The van der Waals surface area contributed by atoms with Gasteiger partial charge in [-0.05, 0) is 11.7 Å². The molecule has 1 aromatic heterocycles. The van der Waals surface area contributed by atoms with Crippen molar-refractivity contribution in [1.82, 2.24) is 20.7 Å². The van der Waals surface area contributed by atoms with Crippen molar-refractivity contribution in [2.75, 3.05) is 19.8 Å². The van der Waals surface area contributed by atoms with Gasteiger partial charge in [0.05, 0.1) is 18.8 Å². The highest BCUT2D eigenvalue weighted by Crippen LogP contribution is 2.00. The van der Waals surface area contributed by atoms with Crippen LogP contribution in [0.25, 0.3) is 0 Å². The topological polar surface area (TPSA) is 57.3 Å². The molecule has 2 N–H and O–H groups in total. The van der Waals surface area contributed by atoms with Crippen molar-refractivity contribution < 1.29 is 4.79 Å². The Morgan fingerprint density at radius 2 is 2.40 bits per heavy atom. The first kappa shape index (κ1) is 10.1. The fourth-order valence-electron chi connectivity index (χ4n) is 1.37. The molecule has 2 radical (unpaired) electrons. The van der Waals surface area contributed by atoms with E-state index >= 15 is 0 Å². The van der Waals surface area contributed by atoms with Gasteiger partial charge < -0.3 is 5.32 Å². The third-order valence-corrected chi connectivity index (χ3v) is 2.19. The number of pyridine rings is 1. The van der Waals surface area contributed by atoms with Gasteiger partial charge in [-0.3, -0.25) is 14.8 Å². The number of carbonyl (C=O) groups is 1. The van der Waals surface area contributed by atoms with Crippen molar-refractivity contribution in [3.05, 3.63) is 23.9 Å². The summed E-state index contributed by atoms with van der Waals surface area (Å²) in [5.41, 5.74) is 3.90. The van der Waals surface area contributed by atoms with E-state index in [0.29, 0.717) is 24.4 Å². The van der Waals surface area contributed by atoms with Crippen LogP contribution in [0.5, 0.6) is 0 Å². The van der Waals surface area contributed by atoms with Crippen LogP contribution in [-0.4, -0.2) is 43.5 Å². The molecule has 1 aliphatic heterocycles. The number of hydrogen-bond donors (Lipinski definition) is 2. The quantitative estimate of drug-likeness (QED) is 0.537. The Balaban J connectivity index is 2.09. The summed E-state index contributed by atoms with van der Waals surface area (Å²) < 4.78 is 0. The first-order valence-electron chi connectivity index (χ1n) is 4.75. The molecule has 1 amide bonds. The summed E-state index contributed by atoms with van der Waals surface area (Å²) in [6.45, 7) is 2.04. The number of hydrazine groups is 1. The van der Waals surface area contributed by atoms with E-state index in [-0.39, 0.29) is 5.91 Å². The molecule has 1 saturated heterocycles. The predicted molar refractivity (Wildman–Crippen MR) is 56.7 cm³/mol. The SMILES string of the molecule is [B]c1ccc(C(=O)N2CCNCN2)cn1. The molecule has 0 bridgehead atoms. The Kier molecular flexibility index (Phi) is 2.98. The van der Waals surface area contributed by atoms with Gasteiger partial charge in [0.1, 0.15) is 7.85 Å². The Labute approximate surface area is 89.2 Å². The third-order valence-electron chi connectivity index (χ3n) is 2.19. The molecule has 76 valence electrons. The smallest absolute Gasteiger partial charge is 0.269 e. The molecule has 0 spiro atoms. The number of carbonyl (C=O) groups excluding carboxylic acids is 1. The van der Waals surface area contributed by atoms with E-state index in [0.717, 1.165) is 6.54 Å². The number of nitrogens with zero attached hydrogens (tertiary/aromatic N) is 2. The van der Waals surface area contributed by atoms with Crippen LogP contribution in [0, 0.1) is 0 Å². The highest BCUT2D eigenvalue weighted by atomic mass is 16.2. The number of hydrogen-bond acceptors (Lipinski definition) is 4. The number of amides is 1. The van der Waals surface area contributed by atoms with Crippen LogP contribution in [0.15, 0.2) is 18.3 Å². The summed E-state index contributed by atoms with van der Waals surface area (Å²) >= 11 is 0. The number of rotatable bonds is 1. The normalized spacial score (nSPS) is 16.4. The van der Waals surface area contributed by atoms with Gasteiger partial charge in [0.2, 0.25) is 0 Å². The van der Waals surface area contributed by atoms with Gasteiger partial charge in [-0.1, -0.05) is 6.07 Å². The molecule has 2 rings (SSSR count). The number of nitrogens with one attached hydrogen (secondary N) is 2. The number of aromatic nitrogens is 1. The third kappa shape index (κ3) is 2.34. The zero-order valence-corrected chi connectivity index (χ0v) is 8.23. The van der Waals surface area contributed by atoms with Gasteiger partial charge in [0.25, 0.3) is 5.91 Å². The lowest BCUT2D eigenvalue weighted by atomic mass is 10.0. The lowest BCUT2D eigenvalue weighted by molar-refractivity contribution is 0.0607. The molecular formula is C9H11BN4O. The zero-order chi connectivity index (χ0) is 10.7. The van der Waals surface area contributed by atoms with Crippen molar-refractivity contribution in [3.8, 4) is 0 Å². The Morgan fingerprint density at radius 1 is 1.53 bits per heavy atom. The molecule has 1 aromatic rings. The monoisotopic (exact) mass is 202 g/mol. The molecule has 1 fully saturated rings. The van der Waals surface area contributed by atoms with Gasteiger partial charge in [-0.2, -0.15) is 0 Å². The second-order valence-electron chi connectivity index (χ2n) is 3.26. The molecule has 0 aliphatic carbocycles. The van der Waals surface area contributed by atoms with E-state index in [1.165, 1.54) is 6.20 Å². The minimum atomic E-state index is -0.0796. The highest BCUT2D eigenvalue weighted by molar-refractivity contribution is 6.30. The molecular weight excluding hydrogens is 191 g/mol. The van der Waals surface area contributed by atoms with Gasteiger partial charge in [0, 0.05) is 12.7 Å². The Hall–Kier alpha value is -1.40.